The molecule has 1 aliphatic rings. The van der Waals surface area contributed by atoms with Crippen LogP contribution in [0.15, 0.2) is 18.3 Å². The fourth-order valence-corrected chi connectivity index (χ4v) is 2.50. The molecule has 0 bridgehead atoms. The minimum Gasteiger partial charge on any atom is -0.370 e. The van der Waals surface area contributed by atoms with Gasteiger partial charge in [0, 0.05) is 30.9 Å². The third-order valence-electron chi connectivity index (χ3n) is 3.55. The second kappa shape index (κ2) is 6.01. The lowest BCUT2D eigenvalue weighted by atomic mass is 10.0. The molecule has 3 nitrogen and oxygen atoms in total. The zero-order chi connectivity index (χ0) is 12.1. The fraction of sp³-hybridized carbons (Fsp3) is 0.643. The van der Waals surface area contributed by atoms with Gasteiger partial charge in [0.15, 0.2) is 0 Å². The van der Waals surface area contributed by atoms with Crippen molar-refractivity contribution in [2.24, 2.45) is 0 Å². The Kier molecular flexibility index (Phi) is 4.37. The molecule has 2 rings (SSSR count). The fourth-order valence-electron chi connectivity index (χ4n) is 2.50. The molecule has 1 aromatic rings. The molecule has 1 aromatic heterocycles. The van der Waals surface area contributed by atoms with Gasteiger partial charge in [0.1, 0.15) is 5.82 Å². The van der Waals surface area contributed by atoms with E-state index in [-0.39, 0.29) is 0 Å². The van der Waals surface area contributed by atoms with Crippen molar-refractivity contribution in [3.8, 4) is 0 Å². The number of aromatic nitrogens is 1. The smallest absolute Gasteiger partial charge is 0.130 e. The number of nitrogens with one attached hydrogen (secondary N) is 1. The highest BCUT2D eigenvalue weighted by Gasteiger charge is 2.19. The van der Waals surface area contributed by atoms with Gasteiger partial charge < -0.3 is 5.32 Å². The number of rotatable bonds is 4. The maximum atomic E-state index is 4.42. The summed E-state index contributed by atoms with van der Waals surface area (Å²) >= 11 is 0. The minimum absolute atomic E-state index is 0.707. The van der Waals surface area contributed by atoms with Gasteiger partial charge in [-0.15, -0.1) is 0 Å². The highest BCUT2D eigenvalue weighted by atomic mass is 15.2. The zero-order valence-corrected chi connectivity index (χ0v) is 10.9. The predicted octanol–water partition coefficient (Wildman–Crippen LogP) is 2.89. The molecule has 3 heteroatoms. The standard InChI is InChI=1S/C14H23N3/c1-3-15-14-13(8-6-9-16-14)11-17-10-5-4-7-12(17)2/h6,8-9,12H,3-5,7,10-11H2,1-2H3,(H,15,16). The van der Waals surface area contributed by atoms with Crippen molar-refractivity contribution in [1.82, 2.24) is 9.88 Å². The first kappa shape index (κ1) is 12.4. The minimum atomic E-state index is 0.707. The van der Waals surface area contributed by atoms with Crippen molar-refractivity contribution in [1.29, 1.82) is 0 Å². The van der Waals surface area contributed by atoms with Gasteiger partial charge in [0.25, 0.3) is 0 Å². The first-order valence-corrected chi connectivity index (χ1v) is 6.73. The maximum absolute atomic E-state index is 4.42. The number of hydrogen-bond donors (Lipinski definition) is 1. The second-order valence-corrected chi connectivity index (χ2v) is 4.86. The quantitative estimate of drug-likeness (QED) is 0.866. The van der Waals surface area contributed by atoms with Crippen molar-refractivity contribution in [2.75, 3.05) is 18.4 Å². The molecule has 0 spiro atoms. The maximum Gasteiger partial charge on any atom is 0.130 e. The summed E-state index contributed by atoms with van der Waals surface area (Å²) in [6.45, 7) is 7.63. The normalized spacial score (nSPS) is 21.4. The molecule has 1 N–H and O–H groups in total. The van der Waals surface area contributed by atoms with E-state index in [4.69, 9.17) is 0 Å². The van der Waals surface area contributed by atoms with E-state index in [1.165, 1.54) is 31.4 Å². The Bertz CT molecular complexity index is 351. The van der Waals surface area contributed by atoms with Crippen LogP contribution in [0.2, 0.25) is 0 Å². The van der Waals surface area contributed by atoms with Crippen molar-refractivity contribution in [3.05, 3.63) is 23.9 Å². The first-order chi connectivity index (χ1) is 8.31. The van der Waals surface area contributed by atoms with E-state index in [1.54, 1.807) is 0 Å². The zero-order valence-electron chi connectivity index (χ0n) is 10.9. The van der Waals surface area contributed by atoms with Crippen LogP contribution in [0.3, 0.4) is 0 Å². The van der Waals surface area contributed by atoms with Crippen LogP contribution in [0.5, 0.6) is 0 Å². The molecule has 1 atom stereocenters. The Morgan fingerprint density at radius 2 is 2.35 bits per heavy atom. The lowest BCUT2D eigenvalue weighted by Crippen LogP contribution is -2.36. The molecule has 1 unspecified atom stereocenters. The van der Waals surface area contributed by atoms with Gasteiger partial charge in [0.2, 0.25) is 0 Å². The van der Waals surface area contributed by atoms with Crippen molar-refractivity contribution in [2.45, 2.75) is 45.7 Å². The summed E-state index contributed by atoms with van der Waals surface area (Å²) in [6.07, 6.45) is 5.91. The van der Waals surface area contributed by atoms with Crippen LogP contribution in [0, 0.1) is 0 Å². The second-order valence-electron chi connectivity index (χ2n) is 4.86. The molecule has 0 aliphatic carbocycles. The molecule has 1 fully saturated rings. The molecule has 1 aliphatic heterocycles. The van der Waals surface area contributed by atoms with Crippen LogP contribution in [0.1, 0.15) is 38.7 Å². The van der Waals surface area contributed by atoms with E-state index in [1.807, 2.05) is 12.3 Å². The van der Waals surface area contributed by atoms with Crippen LogP contribution >= 0.6 is 0 Å². The number of nitrogens with zero attached hydrogens (tertiary/aromatic N) is 2. The molecule has 17 heavy (non-hydrogen) atoms. The Balaban J connectivity index is 2.06. The van der Waals surface area contributed by atoms with Crippen LogP contribution in [0.25, 0.3) is 0 Å². The SMILES string of the molecule is CCNc1ncccc1CN1CCCCC1C. The molecule has 0 aromatic carbocycles. The van der Waals surface area contributed by atoms with E-state index in [2.05, 4.69) is 35.1 Å². The van der Waals surface area contributed by atoms with Crippen LogP contribution in [-0.2, 0) is 6.54 Å². The molecule has 0 radical (unpaired) electrons. The van der Waals surface area contributed by atoms with Gasteiger partial charge in [-0.3, -0.25) is 4.90 Å². The molecule has 0 amide bonds. The molecule has 0 saturated carbocycles. The number of anilines is 1. The average Bonchev–Trinajstić information content (AvgIpc) is 2.35. The average molecular weight is 233 g/mol. The summed E-state index contributed by atoms with van der Waals surface area (Å²) in [6, 6.07) is 4.93. The summed E-state index contributed by atoms with van der Waals surface area (Å²) in [5, 5.41) is 3.34. The van der Waals surface area contributed by atoms with Gasteiger partial charge in [-0.1, -0.05) is 12.5 Å². The highest BCUT2D eigenvalue weighted by molar-refractivity contribution is 5.43. The Morgan fingerprint density at radius 3 is 3.12 bits per heavy atom. The molecule has 94 valence electrons. The summed E-state index contributed by atoms with van der Waals surface area (Å²) in [5.41, 5.74) is 1.32. The third kappa shape index (κ3) is 3.19. The van der Waals surface area contributed by atoms with Crippen molar-refractivity contribution >= 4 is 5.82 Å². The number of likely N-dealkylation sites (tertiary alicyclic amines) is 1. The van der Waals surface area contributed by atoms with E-state index in [0.29, 0.717) is 6.04 Å². The molecular weight excluding hydrogens is 210 g/mol. The van der Waals surface area contributed by atoms with Gasteiger partial charge in [0.05, 0.1) is 0 Å². The number of pyridine rings is 1. The summed E-state index contributed by atoms with van der Waals surface area (Å²) in [4.78, 5) is 6.99. The van der Waals surface area contributed by atoms with E-state index >= 15 is 0 Å². The summed E-state index contributed by atoms with van der Waals surface area (Å²) < 4.78 is 0. The number of piperidine rings is 1. The molecular formula is C14H23N3. The largest absolute Gasteiger partial charge is 0.370 e. The van der Waals surface area contributed by atoms with Gasteiger partial charge in [-0.2, -0.15) is 0 Å². The van der Waals surface area contributed by atoms with Crippen LogP contribution < -0.4 is 5.32 Å². The van der Waals surface area contributed by atoms with E-state index in [9.17, 15) is 0 Å². The van der Waals surface area contributed by atoms with E-state index in [0.717, 1.165) is 18.9 Å². The van der Waals surface area contributed by atoms with Crippen molar-refractivity contribution in [3.63, 3.8) is 0 Å². The van der Waals surface area contributed by atoms with Gasteiger partial charge >= 0.3 is 0 Å². The Hall–Kier alpha value is -1.09. The molecule has 2 heterocycles. The molecule has 1 saturated heterocycles. The Labute approximate surface area is 104 Å². The lowest BCUT2D eigenvalue weighted by molar-refractivity contribution is 0.153. The highest BCUT2D eigenvalue weighted by Crippen LogP contribution is 2.21. The van der Waals surface area contributed by atoms with E-state index < -0.39 is 0 Å². The van der Waals surface area contributed by atoms with Crippen LogP contribution in [0.4, 0.5) is 5.82 Å². The predicted molar refractivity (Wildman–Crippen MR) is 72.1 cm³/mol. The van der Waals surface area contributed by atoms with Gasteiger partial charge in [-0.25, -0.2) is 4.98 Å². The Morgan fingerprint density at radius 1 is 1.47 bits per heavy atom. The van der Waals surface area contributed by atoms with Gasteiger partial charge in [-0.05, 0) is 39.3 Å². The lowest BCUT2D eigenvalue weighted by Gasteiger charge is -2.33. The first-order valence-electron chi connectivity index (χ1n) is 6.73. The summed E-state index contributed by atoms with van der Waals surface area (Å²) in [5.74, 6) is 1.05. The third-order valence-corrected chi connectivity index (χ3v) is 3.55. The monoisotopic (exact) mass is 233 g/mol. The topological polar surface area (TPSA) is 28.2 Å². The van der Waals surface area contributed by atoms with Crippen molar-refractivity contribution < 1.29 is 0 Å². The van der Waals surface area contributed by atoms with Crippen LogP contribution in [-0.4, -0.2) is 29.0 Å². The number of hydrogen-bond acceptors (Lipinski definition) is 3. The summed E-state index contributed by atoms with van der Waals surface area (Å²) in [7, 11) is 0.